The van der Waals surface area contributed by atoms with E-state index >= 15 is 0 Å². The third kappa shape index (κ3) is 21.0. The lowest BCUT2D eigenvalue weighted by Gasteiger charge is -2.05. The van der Waals surface area contributed by atoms with Crippen molar-refractivity contribution in [2.75, 3.05) is 6.61 Å². The maximum atomic E-state index is 11.2. The highest BCUT2D eigenvalue weighted by Gasteiger charge is 2.01. The van der Waals surface area contributed by atoms with Gasteiger partial charge in [-0.15, -0.1) is 0 Å². The number of ether oxygens (including phenoxy) is 1. The zero-order valence-corrected chi connectivity index (χ0v) is 21.9. The van der Waals surface area contributed by atoms with Crippen LogP contribution in [0.4, 0.5) is 0 Å². The van der Waals surface area contributed by atoms with Crippen molar-refractivity contribution >= 4 is 60.7 Å². The van der Waals surface area contributed by atoms with Gasteiger partial charge < -0.3 is 4.74 Å². The normalized spacial score (nSPS) is 11.5. The molecule has 0 amide bonds. The standard InChI is InChI=1S/C20H38I2O2Si/c1-18(2)19(23)24-16-14-12-10-8-6-4-3-5-7-9-11-13-15-17-25-20(21)22/h20H,1,3-17,25H2,2H3. The molecule has 25 heavy (non-hydrogen) atoms. The number of hydrogen-bond acceptors (Lipinski definition) is 2. The van der Waals surface area contributed by atoms with Gasteiger partial charge in [-0.2, -0.15) is 0 Å². The van der Waals surface area contributed by atoms with Gasteiger partial charge in [0.25, 0.3) is 0 Å². The summed E-state index contributed by atoms with van der Waals surface area (Å²) < 4.78 is 6.04. The van der Waals surface area contributed by atoms with Crippen LogP contribution in [-0.2, 0) is 9.53 Å². The summed E-state index contributed by atoms with van der Waals surface area (Å²) in [4.78, 5) is 11.2. The van der Waals surface area contributed by atoms with Crippen LogP contribution in [0.15, 0.2) is 12.2 Å². The minimum atomic E-state index is -0.253. The lowest BCUT2D eigenvalue weighted by atomic mass is 10.0. The van der Waals surface area contributed by atoms with E-state index in [4.69, 9.17) is 4.74 Å². The van der Waals surface area contributed by atoms with Crippen LogP contribution in [-0.4, -0.2) is 23.7 Å². The Hall–Kier alpha value is 0.887. The molecule has 0 radical (unpaired) electrons. The summed E-state index contributed by atoms with van der Waals surface area (Å²) in [5.41, 5.74) is 0.493. The summed E-state index contributed by atoms with van der Waals surface area (Å²) in [6.45, 7) is 5.82. The molecule has 0 aliphatic rings. The third-order valence-corrected chi connectivity index (χ3v) is 9.48. The average molecular weight is 592 g/mol. The van der Waals surface area contributed by atoms with Crippen LogP contribution in [0, 0.1) is 0 Å². The molecule has 0 aliphatic heterocycles. The number of halogens is 2. The first-order valence-electron chi connectivity index (χ1n) is 10.1. The quantitative estimate of drug-likeness (QED) is 0.0432. The van der Waals surface area contributed by atoms with Gasteiger partial charge >= 0.3 is 5.97 Å². The molecule has 0 saturated carbocycles. The fraction of sp³-hybridized carbons (Fsp3) is 0.850. The first-order valence-corrected chi connectivity index (χ1v) is 14.5. The summed E-state index contributed by atoms with van der Waals surface area (Å²) in [5, 5.41) is 0. The Morgan fingerprint density at radius 3 is 1.64 bits per heavy atom. The number of carbonyl (C=O) groups is 1. The van der Waals surface area contributed by atoms with Crippen LogP contribution in [0.5, 0.6) is 0 Å². The molecule has 0 aromatic carbocycles. The first kappa shape index (κ1) is 25.9. The van der Waals surface area contributed by atoms with Crippen LogP contribution in [0.25, 0.3) is 0 Å². The van der Waals surface area contributed by atoms with Crippen molar-refractivity contribution in [1.29, 1.82) is 0 Å². The summed E-state index contributed by atoms with van der Waals surface area (Å²) in [5.74, 6) is -0.253. The van der Waals surface area contributed by atoms with E-state index in [2.05, 4.69) is 51.8 Å². The summed E-state index contributed by atoms with van der Waals surface area (Å²) in [7, 11) is 0.224. The Morgan fingerprint density at radius 2 is 1.24 bits per heavy atom. The predicted molar refractivity (Wildman–Crippen MR) is 131 cm³/mol. The molecule has 0 fully saturated rings. The van der Waals surface area contributed by atoms with Crippen molar-refractivity contribution in [2.24, 2.45) is 0 Å². The molecule has 0 N–H and O–H groups in total. The number of unbranched alkanes of at least 4 members (excludes halogenated alkanes) is 12. The Morgan fingerprint density at radius 1 is 0.840 bits per heavy atom. The first-order chi connectivity index (χ1) is 12.0. The van der Waals surface area contributed by atoms with Gasteiger partial charge in [0.05, 0.1) is 6.61 Å². The van der Waals surface area contributed by atoms with E-state index < -0.39 is 0 Å². The van der Waals surface area contributed by atoms with Crippen LogP contribution >= 0.6 is 45.2 Å². The molecule has 2 nitrogen and oxygen atoms in total. The van der Waals surface area contributed by atoms with E-state index in [1.807, 2.05) is 0 Å². The fourth-order valence-electron chi connectivity index (χ4n) is 2.81. The zero-order valence-electron chi connectivity index (χ0n) is 16.2. The number of carbonyl (C=O) groups excluding carboxylic acids is 1. The van der Waals surface area contributed by atoms with Gasteiger partial charge in [-0.05, 0) is 13.3 Å². The lowest BCUT2D eigenvalue weighted by Crippen LogP contribution is -2.05. The van der Waals surface area contributed by atoms with Gasteiger partial charge in [-0.3, -0.25) is 0 Å². The number of alkyl halides is 2. The molecule has 0 rings (SSSR count). The molecule has 0 aliphatic carbocycles. The topological polar surface area (TPSA) is 26.3 Å². The largest absolute Gasteiger partial charge is 0.462 e. The molecular weight excluding hydrogens is 554 g/mol. The van der Waals surface area contributed by atoms with E-state index in [0.717, 1.165) is 7.98 Å². The van der Waals surface area contributed by atoms with E-state index in [0.29, 0.717) is 12.2 Å². The average Bonchev–Trinajstić information content (AvgIpc) is 2.57. The van der Waals surface area contributed by atoms with Crippen LogP contribution in [0.1, 0.15) is 90.4 Å². The van der Waals surface area contributed by atoms with Gasteiger partial charge in [0, 0.05) is 16.6 Å². The van der Waals surface area contributed by atoms with E-state index in [9.17, 15) is 4.79 Å². The summed E-state index contributed by atoms with van der Waals surface area (Å²) >= 11 is 5.15. The van der Waals surface area contributed by atoms with Gasteiger partial charge in [-0.25, -0.2) is 4.79 Å². The molecule has 0 unspecified atom stereocenters. The Kier molecular flexibility index (Phi) is 20.3. The molecule has 148 valence electrons. The van der Waals surface area contributed by atoms with Crippen molar-refractivity contribution in [2.45, 2.75) is 98.0 Å². The number of rotatable bonds is 18. The SMILES string of the molecule is C=C(C)C(=O)OCCCCCCCCCCCCCCC[SiH2]C(I)I. The van der Waals surface area contributed by atoms with Gasteiger partial charge in [0.1, 0.15) is 0 Å². The Balaban J connectivity index is 3.07. The smallest absolute Gasteiger partial charge is 0.333 e. The summed E-state index contributed by atoms with van der Waals surface area (Å²) in [6, 6.07) is 1.55. The zero-order chi connectivity index (χ0) is 18.8. The van der Waals surface area contributed by atoms with Crippen molar-refractivity contribution in [1.82, 2.24) is 0 Å². The Labute approximate surface area is 185 Å². The van der Waals surface area contributed by atoms with Gasteiger partial charge in [0.2, 0.25) is 0 Å². The molecule has 0 bridgehead atoms. The minimum absolute atomic E-state index is 0.224. The van der Waals surface area contributed by atoms with Crippen molar-refractivity contribution in [3.05, 3.63) is 12.2 Å². The molecule has 0 aromatic heterocycles. The highest BCUT2D eigenvalue weighted by atomic mass is 127. The van der Waals surface area contributed by atoms with Crippen LogP contribution < -0.4 is 0 Å². The number of hydrogen-bond donors (Lipinski definition) is 0. The maximum Gasteiger partial charge on any atom is 0.333 e. The van der Waals surface area contributed by atoms with Crippen molar-refractivity contribution in [3.8, 4) is 0 Å². The highest BCUT2D eigenvalue weighted by Crippen LogP contribution is 2.15. The van der Waals surface area contributed by atoms with E-state index in [1.165, 1.54) is 77.0 Å². The maximum absolute atomic E-state index is 11.2. The molecule has 0 saturated heterocycles. The second-order valence-corrected chi connectivity index (χ2v) is 17.9. The van der Waals surface area contributed by atoms with Crippen LogP contribution in [0.3, 0.4) is 0 Å². The van der Waals surface area contributed by atoms with Gasteiger partial charge in [0.15, 0.2) is 0 Å². The minimum Gasteiger partial charge on any atom is -0.462 e. The Bertz CT molecular complexity index is 336. The second-order valence-electron chi connectivity index (χ2n) is 7.05. The molecule has 0 heterocycles. The van der Waals surface area contributed by atoms with Crippen molar-refractivity contribution < 1.29 is 9.53 Å². The molecule has 0 aromatic rings. The van der Waals surface area contributed by atoms with Crippen molar-refractivity contribution in [3.63, 3.8) is 0 Å². The molecule has 0 atom stereocenters. The number of esters is 1. The molecule has 0 spiro atoms. The monoisotopic (exact) mass is 592 g/mol. The lowest BCUT2D eigenvalue weighted by molar-refractivity contribution is -0.139. The summed E-state index contributed by atoms with van der Waals surface area (Å²) in [6.07, 6.45) is 17.6. The predicted octanol–water partition coefficient (Wildman–Crippen LogP) is 6.92. The molecular formula is C20H38I2O2Si. The third-order valence-electron chi connectivity index (χ3n) is 4.40. The fourth-order valence-corrected chi connectivity index (χ4v) is 6.40. The van der Waals surface area contributed by atoms with E-state index in [-0.39, 0.29) is 15.5 Å². The van der Waals surface area contributed by atoms with Crippen LogP contribution in [0.2, 0.25) is 6.04 Å². The molecule has 5 heteroatoms. The second kappa shape index (κ2) is 19.6. The van der Waals surface area contributed by atoms with E-state index in [1.54, 1.807) is 13.0 Å². The van der Waals surface area contributed by atoms with Gasteiger partial charge in [-0.1, -0.05) is 135 Å². The highest BCUT2D eigenvalue weighted by molar-refractivity contribution is 14.2.